The fraction of sp³-hybridized carbons (Fsp3) is 0.733. The Morgan fingerprint density at radius 1 is 1.30 bits per heavy atom. The van der Waals surface area contributed by atoms with Crippen molar-refractivity contribution in [2.75, 3.05) is 25.0 Å². The Hall–Kier alpha value is -0.940. The zero-order valence-electron chi connectivity index (χ0n) is 12.5. The Balaban J connectivity index is 1.84. The standard InChI is InChI=1S/C15H23N3OS/c1-10(2)14-13(9-19)20-15(16-14)18-7-6-11-4-5-12(8-18)17(11)3/h9-12H,4-8H2,1-3H3. The van der Waals surface area contributed by atoms with Gasteiger partial charge in [0.05, 0.1) is 10.6 Å². The van der Waals surface area contributed by atoms with Crippen LogP contribution in [0.15, 0.2) is 0 Å². The first kappa shape index (κ1) is 14.0. The Labute approximate surface area is 124 Å². The van der Waals surface area contributed by atoms with Crippen molar-refractivity contribution in [1.82, 2.24) is 9.88 Å². The van der Waals surface area contributed by atoms with E-state index >= 15 is 0 Å². The van der Waals surface area contributed by atoms with Gasteiger partial charge in [-0.15, -0.1) is 0 Å². The molecule has 4 nitrogen and oxygen atoms in total. The number of anilines is 1. The molecule has 2 saturated heterocycles. The first-order valence-corrected chi connectivity index (χ1v) is 8.34. The SMILES string of the molecule is CC(C)c1nc(N2CCC3CCC(C2)N3C)sc1C=O. The number of nitrogens with zero attached hydrogens (tertiary/aromatic N) is 3. The minimum Gasteiger partial charge on any atom is -0.346 e. The Morgan fingerprint density at radius 3 is 2.70 bits per heavy atom. The normalized spacial score (nSPS) is 27.1. The van der Waals surface area contributed by atoms with Crippen molar-refractivity contribution in [1.29, 1.82) is 0 Å². The summed E-state index contributed by atoms with van der Waals surface area (Å²) < 4.78 is 0. The molecule has 0 aliphatic carbocycles. The van der Waals surface area contributed by atoms with Gasteiger partial charge >= 0.3 is 0 Å². The third-order valence-corrected chi connectivity index (χ3v) is 5.80. The molecular formula is C15H23N3OS. The van der Waals surface area contributed by atoms with E-state index in [1.165, 1.54) is 19.3 Å². The molecule has 2 bridgehead atoms. The predicted octanol–water partition coefficient (Wildman–Crippen LogP) is 2.75. The topological polar surface area (TPSA) is 36.4 Å². The van der Waals surface area contributed by atoms with Gasteiger partial charge in [0, 0.05) is 25.2 Å². The molecule has 0 spiro atoms. The number of aldehydes is 1. The highest BCUT2D eigenvalue weighted by Gasteiger charge is 2.35. The molecular weight excluding hydrogens is 270 g/mol. The van der Waals surface area contributed by atoms with E-state index in [1.54, 1.807) is 11.3 Å². The Kier molecular flexibility index (Phi) is 3.82. The third-order valence-electron chi connectivity index (χ3n) is 4.74. The molecule has 2 fully saturated rings. The maximum atomic E-state index is 11.2. The first-order valence-electron chi connectivity index (χ1n) is 7.53. The molecule has 0 N–H and O–H groups in total. The first-order chi connectivity index (χ1) is 9.60. The van der Waals surface area contributed by atoms with Crippen LogP contribution < -0.4 is 4.90 Å². The van der Waals surface area contributed by atoms with E-state index in [4.69, 9.17) is 4.98 Å². The number of carbonyl (C=O) groups excluding carboxylic acids is 1. The molecule has 110 valence electrons. The van der Waals surface area contributed by atoms with Crippen LogP contribution in [0.4, 0.5) is 5.13 Å². The molecule has 1 aromatic heterocycles. The van der Waals surface area contributed by atoms with Crippen LogP contribution in [0.25, 0.3) is 0 Å². The molecule has 2 atom stereocenters. The fourth-order valence-corrected chi connectivity index (χ4v) is 4.52. The van der Waals surface area contributed by atoms with E-state index in [2.05, 4.69) is 30.7 Å². The quantitative estimate of drug-likeness (QED) is 0.803. The molecule has 2 aliphatic heterocycles. The molecule has 3 rings (SSSR count). The van der Waals surface area contributed by atoms with Gasteiger partial charge in [0.25, 0.3) is 0 Å². The van der Waals surface area contributed by atoms with E-state index in [-0.39, 0.29) is 0 Å². The summed E-state index contributed by atoms with van der Waals surface area (Å²) in [4.78, 5) is 21.7. The Morgan fingerprint density at radius 2 is 2.05 bits per heavy atom. The number of hydrogen-bond donors (Lipinski definition) is 0. The Bertz CT molecular complexity index is 499. The van der Waals surface area contributed by atoms with Crippen molar-refractivity contribution in [3.05, 3.63) is 10.6 Å². The summed E-state index contributed by atoms with van der Waals surface area (Å²) in [5.74, 6) is 0.311. The second kappa shape index (κ2) is 5.45. The zero-order valence-corrected chi connectivity index (χ0v) is 13.3. The van der Waals surface area contributed by atoms with Gasteiger partial charge in [0.2, 0.25) is 0 Å². The van der Waals surface area contributed by atoms with Crippen molar-refractivity contribution in [3.8, 4) is 0 Å². The monoisotopic (exact) mass is 293 g/mol. The highest BCUT2D eigenvalue weighted by atomic mass is 32.1. The minimum atomic E-state index is 0.311. The molecule has 0 radical (unpaired) electrons. The summed E-state index contributed by atoms with van der Waals surface area (Å²) in [5, 5.41) is 1.04. The lowest BCUT2D eigenvalue weighted by molar-refractivity contribution is 0.112. The average molecular weight is 293 g/mol. The van der Waals surface area contributed by atoms with Crippen molar-refractivity contribution in [2.45, 2.75) is 51.1 Å². The number of thiazole rings is 1. The summed E-state index contributed by atoms with van der Waals surface area (Å²) >= 11 is 1.56. The van der Waals surface area contributed by atoms with Gasteiger partial charge in [-0.1, -0.05) is 25.2 Å². The molecule has 3 heterocycles. The van der Waals surface area contributed by atoms with Gasteiger partial charge in [-0.3, -0.25) is 9.69 Å². The van der Waals surface area contributed by atoms with E-state index in [9.17, 15) is 4.79 Å². The van der Waals surface area contributed by atoms with E-state index in [0.29, 0.717) is 12.0 Å². The lowest BCUT2D eigenvalue weighted by Crippen LogP contribution is -2.36. The van der Waals surface area contributed by atoms with Crippen molar-refractivity contribution >= 4 is 22.8 Å². The van der Waals surface area contributed by atoms with Crippen LogP contribution in [0, 0.1) is 0 Å². The predicted molar refractivity (Wildman–Crippen MR) is 83.0 cm³/mol. The second-order valence-electron chi connectivity index (χ2n) is 6.30. The highest BCUT2D eigenvalue weighted by molar-refractivity contribution is 7.17. The number of carbonyl (C=O) groups is 1. The fourth-order valence-electron chi connectivity index (χ4n) is 3.45. The van der Waals surface area contributed by atoms with Crippen LogP contribution in [0.5, 0.6) is 0 Å². The molecule has 20 heavy (non-hydrogen) atoms. The lowest BCUT2D eigenvalue weighted by atomic mass is 10.1. The van der Waals surface area contributed by atoms with E-state index in [1.807, 2.05) is 0 Å². The molecule has 1 aromatic rings. The van der Waals surface area contributed by atoms with Crippen LogP contribution in [0.2, 0.25) is 0 Å². The van der Waals surface area contributed by atoms with Crippen molar-refractivity contribution in [3.63, 3.8) is 0 Å². The van der Waals surface area contributed by atoms with Gasteiger partial charge in [-0.25, -0.2) is 4.98 Å². The number of likely N-dealkylation sites (N-methyl/N-ethyl adjacent to an activating group) is 1. The minimum absolute atomic E-state index is 0.311. The maximum absolute atomic E-state index is 11.2. The smallest absolute Gasteiger partial charge is 0.186 e. The van der Waals surface area contributed by atoms with Crippen LogP contribution in [-0.2, 0) is 0 Å². The molecule has 2 aliphatic rings. The van der Waals surface area contributed by atoms with Crippen LogP contribution in [0.3, 0.4) is 0 Å². The molecule has 2 unspecified atom stereocenters. The van der Waals surface area contributed by atoms with Crippen molar-refractivity contribution < 1.29 is 4.79 Å². The van der Waals surface area contributed by atoms with E-state index in [0.717, 1.165) is 41.1 Å². The number of aromatic nitrogens is 1. The summed E-state index contributed by atoms with van der Waals surface area (Å²) in [7, 11) is 2.25. The summed E-state index contributed by atoms with van der Waals surface area (Å²) in [5.41, 5.74) is 0.961. The summed E-state index contributed by atoms with van der Waals surface area (Å²) in [6.45, 7) is 6.32. The molecule has 0 saturated carbocycles. The number of hydrogen-bond acceptors (Lipinski definition) is 5. The van der Waals surface area contributed by atoms with Crippen LogP contribution >= 0.6 is 11.3 Å². The van der Waals surface area contributed by atoms with Crippen LogP contribution in [0.1, 0.15) is 54.4 Å². The number of fused-ring (bicyclic) bond motifs is 2. The summed E-state index contributed by atoms with van der Waals surface area (Å²) in [6.07, 6.45) is 4.80. The van der Waals surface area contributed by atoms with Crippen molar-refractivity contribution in [2.24, 2.45) is 0 Å². The maximum Gasteiger partial charge on any atom is 0.186 e. The van der Waals surface area contributed by atoms with Gasteiger partial charge in [0.1, 0.15) is 0 Å². The third kappa shape index (κ3) is 2.37. The molecule has 0 aromatic carbocycles. The summed E-state index contributed by atoms with van der Waals surface area (Å²) in [6, 6.07) is 1.38. The van der Waals surface area contributed by atoms with Gasteiger partial charge in [-0.2, -0.15) is 0 Å². The van der Waals surface area contributed by atoms with Gasteiger partial charge < -0.3 is 4.90 Å². The second-order valence-corrected chi connectivity index (χ2v) is 7.31. The molecule has 5 heteroatoms. The average Bonchev–Trinajstić information content (AvgIpc) is 2.92. The lowest BCUT2D eigenvalue weighted by Gasteiger charge is -2.25. The van der Waals surface area contributed by atoms with Gasteiger partial charge in [-0.05, 0) is 32.2 Å². The van der Waals surface area contributed by atoms with E-state index < -0.39 is 0 Å². The highest BCUT2D eigenvalue weighted by Crippen LogP contribution is 2.34. The zero-order chi connectivity index (χ0) is 14.3. The van der Waals surface area contributed by atoms with Gasteiger partial charge in [0.15, 0.2) is 11.4 Å². The number of rotatable bonds is 3. The molecule has 0 amide bonds. The largest absolute Gasteiger partial charge is 0.346 e. The van der Waals surface area contributed by atoms with Crippen LogP contribution in [-0.4, -0.2) is 48.4 Å².